The first-order chi connectivity index (χ1) is 15.8. The predicted molar refractivity (Wildman–Crippen MR) is 117 cm³/mol. The van der Waals surface area contributed by atoms with Crippen LogP contribution in [0.2, 0.25) is 0 Å². The van der Waals surface area contributed by atoms with Gasteiger partial charge in [0, 0.05) is 11.6 Å². The van der Waals surface area contributed by atoms with Gasteiger partial charge in [-0.15, -0.1) is 0 Å². The van der Waals surface area contributed by atoms with E-state index in [9.17, 15) is 29.3 Å². The van der Waals surface area contributed by atoms with Crippen molar-refractivity contribution in [1.82, 2.24) is 10.0 Å². The summed E-state index contributed by atoms with van der Waals surface area (Å²) in [5.41, 5.74) is 0.479. The van der Waals surface area contributed by atoms with Crippen LogP contribution in [0.3, 0.4) is 0 Å². The number of Topliss-reactive ketones (excluding diaryl/α,β-unsaturated/α-hetero) is 1. The number of hydrogen-bond acceptors (Lipinski definition) is 6. The van der Waals surface area contributed by atoms with Crippen molar-refractivity contribution in [2.45, 2.75) is 32.6 Å². The highest BCUT2D eigenvalue weighted by atomic mass is 16.6. The quantitative estimate of drug-likeness (QED) is 0.289. The number of hydrogen-bond donors (Lipinski definition) is 0. The third-order valence-corrected chi connectivity index (χ3v) is 6.29. The van der Waals surface area contributed by atoms with E-state index in [2.05, 4.69) is 0 Å². The Morgan fingerprint density at radius 3 is 2.15 bits per heavy atom. The molecule has 1 aliphatic heterocycles. The molecule has 2 fully saturated rings. The minimum atomic E-state index is -0.942. The highest BCUT2D eigenvalue weighted by Crippen LogP contribution is 2.39. The summed E-state index contributed by atoms with van der Waals surface area (Å²) in [6.07, 6.45) is 2.67. The van der Waals surface area contributed by atoms with Gasteiger partial charge in [-0.3, -0.25) is 29.3 Å². The van der Waals surface area contributed by atoms with Crippen molar-refractivity contribution in [3.8, 4) is 0 Å². The number of carbonyl (C=O) groups is 4. The number of amides is 3. The molecule has 2 aromatic rings. The van der Waals surface area contributed by atoms with Crippen LogP contribution in [0.5, 0.6) is 0 Å². The Bertz CT molecular complexity index is 1120. The standard InChI is InChI=1S/C24H23N3O6/c1-15-10-12-16(13-11-15)21(28)14-25(22(29)19-8-4-5-9-20(19)27(32)33)26-23(30)17-6-2-3-7-18(17)24(26)31/h4-5,8-13,17-18H,2-3,6-7,14H2,1H3/t17-,18-/m1/s1. The Morgan fingerprint density at radius 2 is 1.58 bits per heavy atom. The third-order valence-electron chi connectivity index (χ3n) is 6.29. The number of aryl methyl sites for hydroxylation is 1. The lowest BCUT2D eigenvalue weighted by Gasteiger charge is -2.30. The fourth-order valence-corrected chi connectivity index (χ4v) is 4.54. The van der Waals surface area contributed by atoms with Crippen LogP contribution in [0.4, 0.5) is 5.69 Å². The molecule has 1 aliphatic carbocycles. The number of imide groups is 1. The largest absolute Gasteiger partial charge is 0.292 e. The van der Waals surface area contributed by atoms with Crippen molar-refractivity contribution in [3.05, 3.63) is 75.3 Å². The van der Waals surface area contributed by atoms with Crippen LogP contribution in [0.15, 0.2) is 48.5 Å². The van der Waals surface area contributed by atoms with Crippen LogP contribution in [0.1, 0.15) is 52.0 Å². The molecular weight excluding hydrogens is 426 g/mol. The van der Waals surface area contributed by atoms with Crippen molar-refractivity contribution in [2.24, 2.45) is 11.8 Å². The third kappa shape index (κ3) is 4.13. The fourth-order valence-electron chi connectivity index (χ4n) is 4.54. The molecule has 3 amide bonds. The molecule has 4 rings (SSSR count). The van der Waals surface area contributed by atoms with Gasteiger partial charge in [0.1, 0.15) is 12.1 Å². The van der Waals surface area contributed by atoms with E-state index in [-0.39, 0.29) is 5.56 Å². The van der Waals surface area contributed by atoms with Gasteiger partial charge in [-0.2, -0.15) is 5.01 Å². The lowest BCUT2D eigenvalue weighted by molar-refractivity contribution is -0.385. The molecule has 0 unspecified atom stereocenters. The summed E-state index contributed by atoms with van der Waals surface area (Å²) < 4.78 is 0. The molecule has 33 heavy (non-hydrogen) atoms. The number of carbonyl (C=O) groups excluding carboxylic acids is 4. The zero-order chi connectivity index (χ0) is 23.7. The molecule has 0 spiro atoms. The van der Waals surface area contributed by atoms with Crippen molar-refractivity contribution < 1.29 is 24.1 Å². The maximum absolute atomic E-state index is 13.5. The zero-order valence-electron chi connectivity index (χ0n) is 18.1. The Balaban J connectivity index is 1.74. The molecule has 9 nitrogen and oxygen atoms in total. The van der Waals surface area contributed by atoms with E-state index in [1.54, 1.807) is 24.3 Å². The van der Waals surface area contributed by atoms with Gasteiger partial charge in [0.25, 0.3) is 23.4 Å². The zero-order valence-corrected chi connectivity index (χ0v) is 18.1. The summed E-state index contributed by atoms with van der Waals surface area (Å²) in [6, 6.07) is 12.0. The van der Waals surface area contributed by atoms with E-state index in [0.717, 1.165) is 28.4 Å². The van der Waals surface area contributed by atoms with Crippen LogP contribution in [0, 0.1) is 28.9 Å². The molecule has 0 N–H and O–H groups in total. The molecule has 1 saturated carbocycles. The minimum Gasteiger partial charge on any atom is -0.292 e. The Labute approximate surface area is 190 Å². The van der Waals surface area contributed by atoms with Gasteiger partial charge in [-0.05, 0) is 25.8 Å². The van der Waals surface area contributed by atoms with Crippen molar-refractivity contribution in [1.29, 1.82) is 0 Å². The Hall–Kier alpha value is -3.88. The summed E-state index contributed by atoms with van der Waals surface area (Å²) in [4.78, 5) is 63.7. The van der Waals surface area contributed by atoms with Gasteiger partial charge < -0.3 is 0 Å². The topological polar surface area (TPSA) is 118 Å². The van der Waals surface area contributed by atoms with Gasteiger partial charge in [-0.1, -0.05) is 54.8 Å². The number of nitro benzene ring substituents is 1. The van der Waals surface area contributed by atoms with Crippen LogP contribution < -0.4 is 0 Å². The van der Waals surface area contributed by atoms with E-state index in [1.807, 2.05) is 6.92 Å². The lowest BCUT2D eigenvalue weighted by atomic mass is 9.81. The molecule has 1 heterocycles. The number of fused-ring (bicyclic) bond motifs is 1. The second-order valence-corrected chi connectivity index (χ2v) is 8.41. The smallest absolute Gasteiger partial charge is 0.282 e. The van der Waals surface area contributed by atoms with Crippen molar-refractivity contribution in [2.75, 3.05) is 6.54 Å². The van der Waals surface area contributed by atoms with E-state index >= 15 is 0 Å². The Kier molecular flexibility index (Phi) is 6.04. The average molecular weight is 449 g/mol. The molecule has 170 valence electrons. The molecule has 2 atom stereocenters. The number of rotatable bonds is 6. The van der Waals surface area contributed by atoms with Crippen LogP contribution in [-0.4, -0.2) is 45.0 Å². The summed E-state index contributed by atoms with van der Waals surface area (Å²) >= 11 is 0. The molecule has 0 aromatic heterocycles. The molecule has 1 saturated heterocycles. The van der Waals surface area contributed by atoms with Crippen molar-refractivity contribution >= 4 is 29.2 Å². The van der Waals surface area contributed by atoms with Crippen LogP contribution in [0.25, 0.3) is 0 Å². The SMILES string of the molecule is Cc1ccc(C(=O)CN(C(=O)c2ccccc2[N+](=O)[O-])N2C(=O)[C@@H]3CCCC[C@H]3C2=O)cc1. The molecule has 0 radical (unpaired) electrons. The second-order valence-electron chi connectivity index (χ2n) is 8.41. The fraction of sp³-hybridized carbons (Fsp3) is 0.333. The van der Waals surface area contributed by atoms with Gasteiger partial charge in [0.2, 0.25) is 0 Å². The number of benzene rings is 2. The monoisotopic (exact) mass is 449 g/mol. The summed E-state index contributed by atoms with van der Waals surface area (Å²) in [7, 11) is 0. The summed E-state index contributed by atoms with van der Waals surface area (Å²) in [5, 5.41) is 13.0. The lowest BCUT2D eigenvalue weighted by Crippen LogP contribution is -2.52. The van der Waals surface area contributed by atoms with E-state index < -0.39 is 52.5 Å². The van der Waals surface area contributed by atoms with Gasteiger partial charge in [0.05, 0.1) is 16.8 Å². The van der Waals surface area contributed by atoms with Crippen LogP contribution in [-0.2, 0) is 9.59 Å². The first-order valence-corrected chi connectivity index (χ1v) is 10.8. The number of ketones is 1. The Morgan fingerprint density at radius 1 is 1.00 bits per heavy atom. The average Bonchev–Trinajstić information content (AvgIpc) is 3.07. The molecular formula is C24H23N3O6. The predicted octanol–water partition coefficient (Wildman–Crippen LogP) is 3.32. The second kappa shape index (κ2) is 8.93. The minimum absolute atomic E-state index is 0.297. The highest BCUT2D eigenvalue weighted by Gasteiger charge is 2.52. The number of nitro groups is 1. The molecule has 2 aliphatic rings. The maximum Gasteiger partial charge on any atom is 0.282 e. The number of hydrazine groups is 1. The van der Waals surface area contributed by atoms with Crippen molar-refractivity contribution in [3.63, 3.8) is 0 Å². The maximum atomic E-state index is 13.5. The summed E-state index contributed by atoms with van der Waals surface area (Å²) in [6.45, 7) is 1.27. The van der Waals surface area contributed by atoms with E-state index in [0.29, 0.717) is 18.4 Å². The van der Waals surface area contributed by atoms with E-state index in [1.165, 1.54) is 24.3 Å². The van der Waals surface area contributed by atoms with Gasteiger partial charge in [-0.25, -0.2) is 5.01 Å². The molecule has 9 heteroatoms. The highest BCUT2D eigenvalue weighted by molar-refractivity contribution is 6.10. The first kappa shape index (κ1) is 22.3. The number of para-hydroxylation sites is 1. The number of nitrogens with zero attached hydrogens (tertiary/aromatic N) is 3. The summed E-state index contributed by atoms with van der Waals surface area (Å²) in [5.74, 6) is -3.58. The van der Waals surface area contributed by atoms with Crippen LogP contribution >= 0.6 is 0 Å². The van der Waals surface area contributed by atoms with Gasteiger partial charge >= 0.3 is 0 Å². The first-order valence-electron chi connectivity index (χ1n) is 10.8. The molecule has 2 aromatic carbocycles. The van der Waals surface area contributed by atoms with E-state index in [4.69, 9.17) is 0 Å². The molecule has 0 bridgehead atoms. The van der Waals surface area contributed by atoms with Gasteiger partial charge in [0.15, 0.2) is 5.78 Å². The normalized spacial score (nSPS) is 19.8.